The fourth-order valence-corrected chi connectivity index (χ4v) is 1.62. The number of carboxylic acids is 1. The second-order valence-corrected chi connectivity index (χ2v) is 4.79. The molecular formula is C11H17F3N2O3. The number of halogens is 3. The lowest BCUT2D eigenvalue weighted by Gasteiger charge is -2.27. The number of hydrogen-bond acceptors (Lipinski definition) is 2. The topological polar surface area (TPSA) is 60.9 Å². The first-order valence-electron chi connectivity index (χ1n) is 5.97. The van der Waals surface area contributed by atoms with Crippen LogP contribution in [0.1, 0.15) is 19.3 Å². The van der Waals surface area contributed by atoms with E-state index in [0.29, 0.717) is 6.54 Å². The van der Waals surface area contributed by atoms with Gasteiger partial charge in [0.05, 0.1) is 6.42 Å². The molecule has 1 saturated carbocycles. The van der Waals surface area contributed by atoms with Crippen LogP contribution in [-0.4, -0.2) is 59.8 Å². The van der Waals surface area contributed by atoms with Gasteiger partial charge >= 0.3 is 18.2 Å². The molecule has 19 heavy (non-hydrogen) atoms. The number of hydrogen-bond donors (Lipinski definition) is 1. The van der Waals surface area contributed by atoms with Crippen LogP contribution >= 0.6 is 0 Å². The third-order valence-corrected chi connectivity index (χ3v) is 2.83. The highest BCUT2D eigenvalue weighted by atomic mass is 19.4. The number of carboxylic acid groups (broad SMARTS) is 1. The Kier molecular flexibility index (Phi) is 5.02. The Morgan fingerprint density at radius 1 is 1.32 bits per heavy atom. The van der Waals surface area contributed by atoms with Crippen LogP contribution in [0.15, 0.2) is 0 Å². The molecule has 1 aliphatic rings. The Morgan fingerprint density at radius 2 is 1.89 bits per heavy atom. The second kappa shape index (κ2) is 6.12. The maximum atomic E-state index is 12.1. The molecule has 0 aromatic heterocycles. The van der Waals surface area contributed by atoms with Gasteiger partial charge in [-0.05, 0) is 18.8 Å². The van der Waals surface area contributed by atoms with Crippen molar-refractivity contribution in [3.05, 3.63) is 0 Å². The molecule has 0 aromatic carbocycles. The normalized spacial score (nSPS) is 15.2. The van der Waals surface area contributed by atoms with E-state index in [0.717, 1.165) is 22.6 Å². The van der Waals surface area contributed by atoms with Crippen molar-refractivity contribution in [3.63, 3.8) is 0 Å². The minimum Gasteiger partial charge on any atom is -0.480 e. The number of nitrogens with zero attached hydrogens (tertiary/aromatic N) is 2. The zero-order chi connectivity index (χ0) is 14.6. The summed E-state index contributed by atoms with van der Waals surface area (Å²) in [6.45, 7) is -0.656. The van der Waals surface area contributed by atoms with Gasteiger partial charge in [0.15, 0.2) is 0 Å². The van der Waals surface area contributed by atoms with Crippen LogP contribution in [0, 0.1) is 5.92 Å². The van der Waals surface area contributed by atoms with Gasteiger partial charge in [-0.3, -0.25) is 4.79 Å². The number of alkyl halides is 3. The van der Waals surface area contributed by atoms with E-state index >= 15 is 0 Å². The van der Waals surface area contributed by atoms with Gasteiger partial charge in [0.25, 0.3) is 0 Å². The minimum atomic E-state index is -4.33. The van der Waals surface area contributed by atoms with Crippen LogP contribution in [0.25, 0.3) is 0 Å². The molecule has 0 aliphatic heterocycles. The lowest BCUT2D eigenvalue weighted by atomic mass is 10.3. The molecule has 0 saturated heterocycles. The summed E-state index contributed by atoms with van der Waals surface area (Å²) in [7, 11) is 1.25. The Balaban J connectivity index is 2.50. The van der Waals surface area contributed by atoms with E-state index in [9.17, 15) is 22.8 Å². The first kappa shape index (κ1) is 15.6. The fourth-order valence-electron chi connectivity index (χ4n) is 1.62. The average Bonchev–Trinajstić information content (AvgIpc) is 3.06. The smallest absolute Gasteiger partial charge is 0.390 e. The van der Waals surface area contributed by atoms with E-state index < -0.39 is 37.7 Å². The monoisotopic (exact) mass is 282 g/mol. The molecule has 5 nitrogen and oxygen atoms in total. The van der Waals surface area contributed by atoms with Gasteiger partial charge in [-0.25, -0.2) is 4.79 Å². The highest BCUT2D eigenvalue weighted by molar-refractivity contribution is 5.80. The number of urea groups is 1. The molecule has 1 N–H and O–H groups in total. The van der Waals surface area contributed by atoms with E-state index in [1.807, 2.05) is 0 Å². The van der Waals surface area contributed by atoms with E-state index in [4.69, 9.17) is 5.11 Å². The average molecular weight is 282 g/mol. The third-order valence-electron chi connectivity index (χ3n) is 2.83. The molecule has 0 atom stereocenters. The molecule has 2 amide bonds. The van der Waals surface area contributed by atoms with E-state index in [1.165, 1.54) is 7.05 Å². The van der Waals surface area contributed by atoms with Gasteiger partial charge in [-0.15, -0.1) is 0 Å². The van der Waals surface area contributed by atoms with Crippen molar-refractivity contribution in [2.45, 2.75) is 25.4 Å². The molecule has 8 heteroatoms. The van der Waals surface area contributed by atoms with Crippen molar-refractivity contribution in [1.82, 2.24) is 9.80 Å². The van der Waals surface area contributed by atoms with Crippen molar-refractivity contribution in [2.75, 3.05) is 26.7 Å². The highest BCUT2D eigenvalue weighted by Crippen LogP contribution is 2.30. The van der Waals surface area contributed by atoms with Gasteiger partial charge < -0.3 is 14.9 Å². The van der Waals surface area contributed by atoms with Crippen LogP contribution in [0.5, 0.6) is 0 Å². The first-order chi connectivity index (χ1) is 8.69. The summed E-state index contributed by atoms with van der Waals surface area (Å²) in [6.07, 6.45) is -3.58. The summed E-state index contributed by atoms with van der Waals surface area (Å²) in [5.41, 5.74) is 0. The number of carbonyl (C=O) groups excluding carboxylic acids is 1. The van der Waals surface area contributed by atoms with E-state index in [2.05, 4.69) is 0 Å². The molecule has 1 fully saturated rings. The zero-order valence-corrected chi connectivity index (χ0v) is 10.6. The largest absolute Gasteiger partial charge is 0.480 e. The summed E-state index contributed by atoms with van der Waals surface area (Å²) in [6, 6.07) is -0.668. The van der Waals surface area contributed by atoms with Crippen LogP contribution < -0.4 is 0 Å². The van der Waals surface area contributed by atoms with E-state index in [1.54, 1.807) is 0 Å². The first-order valence-corrected chi connectivity index (χ1v) is 5.97. The van der Waals surface area contributed by atoms with E-state index in [-0.39, 0.29) is 5.92 Å². The fraction of sp³-hybridized carbons (Fsp3) is 0.818. The quantitative estimate of drug-likeness (QED) is 0.808. The number of aliphatic carboxylic acids is 1. The summed E-state index contributed by atoms with van der Waals surface area (Å²) in [5, 5.41) is 8.71. The summed E-state index contributed by atoms with van der Waals surface area (Å²) in [5.74, 6) is -0.891. The highest BCUT2D eigenvalue weighted by Gasteiger charge is 2.31. The van der Waals surface area contributed by atoms with Crippen LogP contribution in [-0.2, 0) is 4.79 Å². The zero-order valence-electron chi connectivity index (χ0n) is 10.6. The molecule has 0 heterocycles. The summed E-state index contributed by atoms with van der Waals surface area (Å²) >= 11 is 0. The molecule has 0 spiro atoms. The number of rotatable bonds is 6. The van der Waals surface area contributed by atoms with Gasteiger partial charge in [0, 0.05) is 20.1 Å². The predicted octanol–water partition coefficient (Wildman–Crippen LogP) is 1.79. The summed E-state index contributed by atoms with van der Waals surface area (Å²) in [4.78, 5) is 24.6. The number of amides is 2. The van der Waals surface area contributed by atoms with Gasteiger partial charge in [-0.1, -0.05) is 0 Å². The standard InChI is InChI=1S/C11H17F3N2O3/c1-15(5-4-11(12,13)14)10(19)16(7-9(17)18)6-8-2-3-8/h8H,2-7H2,1H3,(H,17,18). The van der Waals surface area contributed by atoms with Gasteiger partial charge in [0.2, 0.25) is 0 Å². The Hall–Kier alpha value is -1.47. The maximum Gasteiger partial charge on any atom is 0.390 e. The molecule has 1 rings (SSSR count). The van der Waals surface area contributed by atoms with Crippen LogP contribution in [0.3, 0.4) is 0 Å². The Bertz CT molecular complexity index is 343. The van der Waals surface area contributed by atoms with Crippen LogP contribution in [0.2, 0.25) is 0 Å². The minimum absolute atomic E-state index is 0.277. The molecule has 0 aromatic rings. The lowest BCUT2D eigenvalue weighted by molar-refractivity contribution is -0.139. The predicted molar refractivity (Wildman–Crippen MR) is 60.6 cm³/mol. The molecular weight excluding hydrogens is 265 g/mol. The lowest BCUT2D eigenvalue weighted by Crippen LogP contribution is -2.45. The summed E-state index contributed by atoms with van der Waals surface area (Å²) < 4.78 is 36.2. The maximum absolute atomic E-state index is 12.1. The molecule has 0 bridgehead atoms. The van der Waals surface area contributed by atoms with Crippen molar-refractivity contribution in [2.24, 2.45) is 5.92 Å². The molecule has 0 radical (unpaired) electrons. The third kappa shape index (κ3) is 6.30. The Morgan fingerprint density at radius 3 is 2.32 bits per heavy atom. The number of carbonyl (C=O) groups is 2. The van der Waals surface area contributed by atoms with Crippen LogP contribution in [0.4, 0.5) is 18.0 Å². The second-order valence-electron chi connectivity index (χ2n) is 4.79. The van der Waals surface area contributed by atoms with Crippen molar-refractivity contribution < 1.29 is 27.9 Å². The van der Waals surface area contributed by atoms with Gasteiger partial charge in [-0.2, -0.15) is 13.2 Å². The molecule has 0 unspecified atom stereocenters. The van der Waals surface area contributed by atoms with Crippen molar-refractivity contribution in [3.8, 4) is 0 Å². The molecule has 1 aliphatic carbocycles. The van der Waals surface area contributed by atoms with Crippen molar-refractivity contribution >= 4 is 12.0 Å². The Labute approximate surface area is 109 Å². The molecule has 110 valence electrons. The SMILES string of the molecule is CN(CCC(F)(F)F)C(=O)N(CC(=O)O)CC1CC1. The van der Waals surface area contributed by atoms with Crippen molar-refractivity contribution in [1.29, 1.82) is 0 Å². The van der Waals surface area contributed by atoms with Gasteiger partial charge in [0.1, 0.15) is 6.54 Å².